The Hall–Kier alpha value is -2.23. The lowest BCUT2D eigenvalue weighted by Gasteiger charge is -2.00. The standard InChI is InChI=1S/C13H11N3O2S/c17-7-2-1-4-11-8-10(9-19-11)13(18)15-12-5-3-6-14-16-12/h3,5-6,8-9,17H,2,7H2,(H,15,16,18). The molecule has 0 fully saturated rings. The van der Waals surface area contributed by atoms with E-state index in [1.165, 1.54) is 17.5 Å². The number of nitrogens with zero attached hydrogens (tertiary/aromatic N) is 2. The fourth-order valence-electron chi connectivity index (χ4n) is 1.28. The number of aliphatic hydroxyl groups is 1. The van der Waals surface area contributed by atoms with Gasteiger partial charge in [0.15, 0.2) is 5.82 Å². The Bertz CT molecular complexity index is 614. The third-order valence-corrected chi connectivity index (χ3v) is 2.97. The van der Waals surface area contributed by atoms with Crippen molar-refractivity contribution in [3.8, 4) is 11.8 Å². The predicted molar refractivity (Wildman–Crippen MR) is 72.9 cm³/mol. The van der Waals surface area contributed by atoms with Crippen LogP contribution in [0.15, 0.2) is 29.8 Å². The third kappa shape index (κ3) is 3.88. The molecule has 2 aromatic rings. The number of carbonyl (C=O) groups excluding carboxylic acids is 1. The number of rotatable bonds is 3. The van der Waals surface area contributed by atoms with Crippen molar-refractivity contribution in [2.24, 2.45) is 0 Å². The van der Waals surface area contributed by atoms with Crippen molar-refractivity contribution in [3.63, 3.8) is 0 Å². The van der Waals surface area contributed by atoms with Crippen molar-refractivity contribution in [2.45, 2.75) is 6.42 Å². The third-order valence-electron chi connectivity index (χ3n) is 2.12. The fraction of sp³-hybridized carbons (Fsp3) is 0.154. The Kier molecular flexibility index (Phi) is 4.61. The molecule has 0 saturated heterocycles. The van der Waals surface area contributed by atoms with Gasteiger partial charge in [-0.05, 0) is 18.2 Å². The van der Waals surface area contributed by atoms with Crippen molar-refractivity contribution in [2.75, 3.05) is 11.9 Å². The van der Waals surface area contributed by atoms with Crippen molar-refractivity contribution in [1.82, 2.24) is 10.2 Å². The highest BCUT2D eigenvalue weighted by Gasteiger charge is 2.08. The van der Waals surface area contributed by atoms with Crippen LogP contribution in [0.3, 0.4) is 0 Å². The second-order valence-electron chi connectivity index (χ2n) is 3.54. The summed E-state index contributed by atoms with van der Waals surface area (Å²) in [5.74, 6) is 5.86. The van der Waals surface area contributed by atoms with Gasteiger partial charge < -0.3 is 10.4 Å². The van der Waals surface area contributed by atoms with Crippen molar-refractivity contribution < 1.29 is 9.90 Å². The first-order valence-corrected chi connectivity index (χ1v) is 6.45. The van der Waals surface area contributed by atoms with Gasteiger partial charge in [0.1, 0.15) is 0 Å². The molecule has 0 aliphatic heterocycles. The van der Waals surface area contributed by atoms with E-state index in [-0.39, 0.29) is 12.5 Å². The zero-order chi connectivity index (χ0) is 13.5. The van der Waals surface area contributed by atoms with Gasteiger partial charge >= 0.3 is 0 Å². The largest absolute Gasteiger partial charge is 0.395 e. The summed E-state index contributed by atoms with van der Waals surface area (Å²) in [5.41, 5.74) is 0.531. The summed E-state index contributed by atoms with van der Waals surface area (Å²) in [5, 5.41) is 20.5. The zero-order valence-electron chi connectivity index (χ0n) is 9.96. The maximum absolute atomic E-state index is 11.9. The molecule has 0 aromatic carbocycles. The molecule has 0 atom stereocenters. The van der Waals surface area contributed by atoms with Crippen LogP contribution in [-0.2, 0) is 0 Å². The number of hydrogen-bond donors (Lipinski definition) is 2. The number of hydrogen-bond acceptors (Lipinski definition) is 5. The van der Waals surface area contributed by atoms with Crippen LogP contribution in [0.25, 0.3) is 0 Å². The van der Waals surface area contributed by atoms with Gasteiger partial charge in [0, 0.05) is 18.0 Å². The lowest BCUT2D eigenvalue weighted by Crippen LogP contribution is -2.12. The van der Waals surface area contributed by atoms with Gasteiger partial charge in [-0.15, -0.1) is 16.4 Å². The maximum atomic E-state index is 11.9. The molecule has 96 valence electrons. The maximum Gasteiger partial charge on any atom is 0.257 e. The Morgan fingerprint density at radius 2 is 2.42 bits per heavy atom. The van der Waals surface area contributed by atoms with Crippen molar-refractivity contribution in [1.29, 1.82) is 0 Å². The molecule has 2 N–H and O–H groups in total. The highest BCUT2D eigenvalue weighted by molar-refractivity contribution is 7.10. The minimum Gasteiger partial charge on any atom is -0.395 e. The summed E-state index contributed by atoms with van der Waals surface area (Å²) < 4.78 is 0. The molecule has 0 aliphatic carbocycles. The predicted octanol–water partition coefficient (Wildman–Crippen LogP) is 1.52. The SMILES string of the molecule is O=C(Nc1cccnn1)c1csc(C#CCCO)c1. The molecular weight excluding hydrogens is 262 g/mol. The lowest BCUT2D eigenvalue weighted by atomic mass is 10.3. The van der Waals surface area contributed by atoms with E-state index in [0.29, 0.717) is 17.8 Å². The second-order valence-corrected chi connectivity index (χ2v) is 4.45. The highest BCUT2D eigenvalue weighted by Crippen LogP contribution is 2.14. The van der Waals surface area contributed by atoms with Crippen LogP contribution < -0.4 is 5.32 Å². The van der Waals surface area contributed by atoms with Gasteiger partial charge in [-0.1, -0.05) is 11.8 Å². The normalized spacial score (nSPS) is 9.53. The van der Waals surface area contributed by atoms with Crippen LogP contribution in [0.1, 0.15) is 21.7 Å². The first-order valence-electron chi connectivity index (χ1n) is 5.57. The van der Waals surface area contributed by atoms with Gasteiger partial charge in [0.2, 0.25) is 0 Å². The highest BCUT2D eigenvalue weighted by atomic mass is 32.1. The molecule has 0 spiro atoms. The number of amides is 1. The Morgan fingerprint density at radius 1 is 1.53 bits per heavy atom. The molecule has 0 aliphatic rings. The Labute approximate surface area is 114 Å². The van der Waals surface area contributed by atoms with Crippen LogP contribution >= 0.6 is 11.3 Å². The van der Waals surface area contributed by atoms with E-state index < -0.39 is 0 Å². The molecule has 0 unspecified atom stereocenters. The zero-order valence-corrected chi connectivity index (χ0v) is 10.8. The molecule has 6 heteroatoms. The lowest BCUT2D eigenvalue weighted by molar-refractivity contribution is 0.102. The van der Waals surface area contributed by atoms with E-state index in [1.54, 1.807) is 23.6 Å². The summed E-state index contributed by atoms with van der Waals surface area (Å²) in [6.07, 6.45) is 1.97. The van der Waals surface area contributed by atoms with E-state index >= 15 is 0 Å². The molecule has 2 heterocycles. The fourth-order valence-corrected chi connectivity index (χ4v) is 2.04. The van der Waals surface area contributed by atoms with E-state index in [1.807, 2.05) is 0 Å². The molecular formula is C13H11N3O2S. The molecule has 0 bridgehead atoms. The van der Waals surface area contributed by atoms with Crippen LogP contribution in [0.5, 0.6) is 0 Å². The summed E-state index contributed by atoms with van der Waals surface area (Å²) in [6, 6.07) is 5.07. The van der Waals surface area contributed by atoms with Crippen LogP contribution in [0, 0.1) is 11.8 Å². The number of carbonyl (C=O) groups is 1. The van der Waals surface area contributed by atoms with Gasteiger partial charge in [-0.25, -0.2) is 0 Å². The van der Waals surface area contributed by atoms with Crippen LogP contribution in [0.4, 0.5) is 5.82 Å². The van der Waals surface area contributed by atoms with E-state index in [9.17, 15) is 4.79 Å². The number of thiophene rings is 1. The molecule has 5 nitrogen and oxygen atoms in total. The molecule has 19 heavy (non-hydrogen) atoms. The van der Waals surface area contributed by atoms with Crippen LogP contribution in [-0.4, -0.2) is 27.8 Å². The summed E-state index contributed by atoms with van der Waals surface area (Å²) >= 11 is 1.39. The van der Waals surface area contributed by atoms with Gasteiger partial charge in [0.25, 0.3) is 5.91 Å². The minimum absolute atomic E-state index is 0.0401. The Balaban J connectivity index is 2.03. The summed E-state index contributed by atoms with van der Waals surface area (Å²) in [4.78, 5) is 12.7. The van der Waals surface area contributed by atoms with Crippen molar-refractivity contribution >= 4 is 23.1 Å². The molecule has 1 amide bonds. The van der Waals surface area contributed by atoms with Gasteiger partial charge in [0.05, 0.1) is 17.0 Å². The smallest absolute Gasteiger partial charge is 0.257 e. The average molecular weight is 273 g/mol. The first-order chi connectivity index (χ1) is 9.29. The number of anilines is 1. The van der Waals surface area contributed by atoms with Crippen LogP contribution in [0.2, 0.25) is 0 Å². The quantitative estimate of drug-likeness (QED) is 0.831. The topological polar surface area (TPSA) is 75.1 Å². The number of aliphatic hydroxyl groups excluding tert-OH is 1. The average Bonchev–Trinajstić information content (AvgIpc) is 2.89. The minimum atomic E-state index is -0.244. The molecule has 2 rings (SSSR count). The monoisotopic (exact) mass is 273 g/mol. The summed E-state index contributed by atoms with van der Waals surface area (Å²) in [7, 11) is 0. The van der Waals surface area contributed by atoms with Crippen molar-refractivity contribution in [3.05, 3.63) is 40.2 Å². The number of aromatic nitrogens is 2. The molecule has 2 aromatic heterocycles. The second kappa shape index (κ2) is 6.64. The molecule has 0 saturated carbocycles. The van der Waals surface area contributed by atoms with E-state index in [4.69, 9.17) is 5.11 Å². The first kappa shape index (κ1) is 13.2. The number of nitrogens with one attached hydrogen (secondary N) is 1. The molecule has 0 radical (unpaired) electrons. The summed E-state index contributed by atoms with van der Waals surface area (Å²) in [6.45, 7) is 0.0401. The van der Waals surface area contributed by atoms with E-state index in [2.05, 4.69) is 27.4 Å². The Morgan fingerprint density at radius 3 is 3.16 bits per heavy atom. The van der Waals surface area contributed by atoms with E-state index in [0.717, 1.165) is 4.88 Å². The van der Waals surface area contributed by atoms with Gasteiger partial charge in [-0.3, -0.25) is 4.79 Å². The van der Waals surface area contributed by atoms with Gasteiger partial charge in [-0.2, -0.15) is 5.10 Å².